The molecule has 0 radical (unpaired) electrons. The summed E-state index contributed by atoms with van der Waals surface area (Å²) < 4.78 is 47.9. The zero-order chi connectivity index (χ0) is 28.6. The summed E-state index contributed by atoms with van der Waals surface area (Å²) in [7, 11) is -3.06. The predicted molar refractivity (Wildman–Crippen MR) is 143 cm³/mol. The fourth-order valence-corrected chi connectivity index (χ4v) is 6.94. The number of methoxy groups -OCH3 is 1. The van der Waals surface area contributed by atoms with E-state index in [2.05, 4.69) is 4.74 Å². The monoisotopic (exact) mass is 552 g/mol. The van der Waals surface area contributed by atoms with Crippen molar-refractivity contribution in [2.75, 3.05) is 12.0 Å². The van der Waals surface area contributed by atoms with Gasteiger partial charge in [0.05, 0.1) is 29.7 Å². The van der Waals surface area contributed by atoms with Crippen molar-refractivity contribution in [1.29, 1.82) is 0 Å². The minimum atomic E-state index is -4.30. The van der Waals surface area contributed by atoms with Gasteiger partial charge >= 0.3 is 5.97 Å². The molecule has 3 aromatic rings. The summed E-state index contributed by atoms with van der Waals surface area (Å²) in [4.78, 5) is 39.6. The number of ether oxygens (including phenoxy) is 1. The van der Waals surface area contributed by atoms with E-state index in [1.54, 1.807) is 13.8 Å². The van der Waals surface area contributed by atoms with Gasteiger partial charge in [-0.15, -0.1) is 0 Å². The van der Waals surface area contributed by atoms with E-state index < -0.39 is 39.7 Å². The van der Waals surface area contributed by atoms with E-state index in [-0.39, 0.29) is 29.1 Å². The molecular formula is C29H29FN2O6S. The van der Waals surface area contributed by atoms with Crippen molar-refractivity contribution in [1.82, 2.24) is 4.31 Å². The first-order valence-electron chi connectivity index (χ1n) is 12.3. The summed E-state index contributed by atoms with van der Waals surface area (Å²) in [5.74, 6) is -2.35. The van der Waals surface area contributed by atoms with Crippen molar-refractivity contribution >= 4 is 33.5 Å². The molecule has 1 heterocycles. The number of hydrogen-bond acceptors (Lipinski definition) is 6. The predicted octanol–water partition coefficient (Wildman–Crippen LogP) is 4.37. The number of aryl methyl sites for hydroxylation is 2. The van der Waals surface area contributed by atoms with E-state index in [9.17, 15) is 27.2 Å². The van der Waals surface area contributed by atoms with Crippen molar-refractivity contribution in [2.45, 2.75) is 51.6 Å². The lowest BCUT2D eigenvalue weighted by Gasteiger charge is -2.29. The lowest BCUT2D eigenvalue weighted by molar-refractivity contribution is -0.122. The van der Waals surface area contributed by atoms with Crippen LogP contribution in [0.4, 0.5) is 10.1 Å². The maximum Gasteiger partial charge on any atom is 0.337 e. The van der Waals surface area contributed by atoms with Crippen molar-refractivity contribution in [3.63, 3.8) is 0 Å². The summed E-state index contributed by atoms with van der Waals surface area (Å²) in [5.41, 5.74) is 3.56. The Balaban J connectivity index is 1.80. The minimum absolute atomic E-state index is 0.0863. The normalized spacial score (nSPS) is 15.8. The Morgan fingerprint density at radius 1 is 0.974 bits per heavy atom. The lowest BCUT2D eigenvalue weighted by atomic mass is 10.0. The third-order valence-electron chi connectivity index (χ3n) is 7.13. The second-order valence-corrected chi connectivity index (χ2v) is 11.4. The summed E-state index contributed by atoms with van der Waals surface area (Å²) in [6.07, 6.45) is -0.374. The number of amides is 2. The zero-order valence-corrected chi connectivity index (χ0v) is 23.1. The van der Waals surface area contributed by atoms with Gasteiger partial charge in [-0.2, -0.15) is 4.31 Å². The van der Waals surface area contributed by atoms with Gasteiger partial charge in [0.1, 0.15) is 11.9 Å². The summed E-state index contributed by atoms with van der Waals surface area (Å²) in [5, 5.41) is 0. The van der Waals surface area contributed by atoms with Crippen LogP contribution < -0.4 is 4.90 Å². The van der Waals surface area contributed by atoms with Gasteiger partial charge in [-0.3, -0.25) is 9.59 Å². The number of anilines is 1. The van der Waals surface area contributed by atoms with Gasteiger partial charge in [0, 0.05) is 6.54 Å². The Morgan fingerprint density at radius 2 is 1.54 bits per heavy atom. The number of imide groups is 1. The highest BCUT2D eigenvalue weighted by Gasteiger charge is 2.47. The lowest BCUT2D eigenvalue weighted by Crippen LogP contribution is -2.45. The third-order valence-corrected chi connectivity index (χ3v) is 9.26. The minimum Gasteiger partial charge on any atom is -0.465 e. The molecule has 2 amide bonds. The molecule has 0 N–H and O–H groups in total. The van der Waals surface area contributed by atoms with E-state index in [1.807, 2.05) is 19.9 Å². The molecule has 0 aromatic heterocycles. The van der Waals surface area contributed by atoms with Crippen LogP contribution in [-0.2, 0) is 30.9 Å². The average molecular weight is 553 g/mol. The largest absolute Gasteiger partial charge is 0.465 e. The fourth-order valence-electron chi connectivity index (χ4n) is 4.79. The van der Waals surface area contributed by atoms with Gasteiger partial charge in [0.15, 0.2) is 0 Å². The molecule has 0 saturated carbocycles. The molecule has 10 heteroatoms. The van der Waals surface area contributed by atoms with Crippen LogP contribution in [0, 0.1) is 33.5 Å². The molecule has 1 atom stereocenters. The first kappa shape index (κ1) is 28.1. The number of rotatable bonds is 7. The molecule has 8 nitrogen and oxygen atoms in total. The van der Waals surface area contributed by atoms with Gasteiger partial charge in [-0.1, -0.05) is 18.2 Å². The Hall–Kier alpha value is -3.89. The molecule has 1 saturated heterocycles. The third kappa shape index (κ3) is 5.22. The van der Waals surface area contributed by atoms with Crippen molar-refractivity contribution in [3.8, 4) is 0 Å². The Bertz CT molecular complexity index is 1540. The summed E-state index contributed by atoms with van der Waals surface area (Å²) in [6, 6.07) is 11.6. The number of carbonyl (C=O) groups excluding carboxylic acids is 3. The number of halogens is 1. The molecule has 39 heavy (non-hydrogen) atoms. The van der Waals surface area contributed by atoms with Crippen LogP contribution in [0.3, 0.4) is 0 Å². The maximum atomic E-state index is 14.3. The van der Waals surface area contributed by atoms with Crippen LogP contribution in [0.2, 0.25) is 0 Å². The Kier molecular flexibility index (Phi) is 7.72. The second-order valence-electron chi connectivity index (χ2n) is 9.59. The zero-order valence-electron chi connectivity index (χ0n) is 22.3. The smallest absolute Gasteiger partial charge is 0.337 e. The SMILES string of the molecule is COC(=O)c1ccc(N2C(=O)CC(N(Cc3ccc(F)cc3)S(=O)(=O)c3c(C)c(C)cc(C)c3C)C2=O)cc1. The van der Waals surface area contributed by atoms with Crippen LogP contribution in [0.25, 0.3) is 0 Å². The molecule has 1 aliphatic heterocycles. The molecular weight excluding hydrogens is 523 g/mol. The number of hydrogen-bond donors (Lipinski definition) is 0. The molecule has 3 aromatic carbocycles. The Morgan fingerprint density at radius 3 is 2.08 bits per heavy atom. The second kappa shape index (κ2) is 10.7. The molecule has 1 unspecified atom stereocenters. The van der Waals surface area contributed by atoms with Gasteiger partial charge in [0.2, 0.25) is 15.9 Å². The number of nitrogens with zero attached hydrogens (tertiary/aromatic N) is 2. The van der Waals surface area contributed by atoms with Crippen LogP contribution in [0.1, 0.15) is 44.6 Å². The van der Waals surface area contributed by atoms with Crippen molar-refractivity contribution in [3.05, 3.63) is 93.8 Å². The van der Waals surface area contributed by atoms with Crippen LogP contribution in [0.15, 0.2) is 59.5 Å². The molecule has 1 fully saturated rings. The number of sulfonamides is 1. The molecule has 4 rings (SSSR count). The van der Waals surface area contributed by atoms with Crippen LogP contribution in [0.5, 0.6) is 0 Å². The summed E-state index contributed by atoms with van der Waals surface area (Å²) >= 11 is 0. The maximum absolute atomic E-state index is 14.3. The molecule has 1 aliphatic rings. The van der Waals surface area contributed by atoms with E-state index in [1.165, 1.54) is 55.6 Å². The first-order valence-corrected chi connectivity index (χ1v) is 13.7. The van der Waals surface area contributed by atoms with Crippen LogP contribution >= 0.6 is 0 Å². The Labute approximate surface area is 227 Å². The highest BCUT2D eigenvalue weighted by molar-refractivity contribution is 7.89. The van der Waals surface area contributed by atoms with Crippen molar-refractivity contribution < 1.29 is 31.9 Å². The number of benzene rings is 3. The highest BCUT2D eigenvalue weighted by atomic mass is 32.2. The molecule has 204 valence electrons. The average Bonchev–Trinajstić information content (AvgIpc) is 3.19. The number of carbonyl (C=O) groups is 3. The molecule has 0 bridgehead atoms. The molecule has 0 spiro atoms. The van der Waals surface area contributed by atoms with Gasteiger partial charge in [-0.05, 0) is 91.9 Å². The van der Waals surface area contributed by atoms with E-state index in [0.29, 0.717) is 16.7 Å². The number of esters is 1. The van der Waals surface area contributed by atoms with Gasteiger partial charge in [0.25, 0.3) is 5.91 Å². The fraction of sp³-hybridized carbons (Fsp3) is 0.276. The highest BCUT2D eigenvalue weighted by Crippen LogP contribution is 2.34. The van der Waals surface area contributed by atoms with E-state index in [0.717, 1.165) is 20.3 Å². The standard InChI is InChI=1S/C29H29FN2O6S/c1-17-14-18(2)20(4)27(19(17)3)39(36,37)31(16-21-6-10-23(30)11-7-21)25-15-26(33)32(28(25)34)24-12-8-22(9-13-24)29(35)38-5/h6-14,25H,15-16H2,1-5H3. The quantitative estimate of drug-likeness (QED) is 0.319. The van der Waals surface area contributed by atoms with E-state index in [4.69, 9.17) is 0 Å². The summed E-state index contributed by atoms with van der Waals surface area (Å²) in [6.45, 7) is 6.81. The van der Waals surface area contributed by atoms with Crippen molar-refractivity contribution in [2.24, 2.45) is 0 Å². The topological polar surface area (TPSA) is 101 Å². The first-order chi connectivity index (χ1) is 18.4. The van der Waals surface area contributed by atoms with Gasteiger partial charge < -0.3 is 4.74 Å². The molecule has 0 aliphatic carbocycles. The van der Waals surface area contributed by atoms with Crippen LogP contribution in [-0.4, -0.2) is 43.7 Å². The van der Waals surface area contributed by atoms with Gasteiger partial charge in [-0.25, -0.2) is 22.5 Å². The van der Waals surface area contributed by atoms with E-state index >= 15 is 0 Å².